The van der Waals surface area contributed by atoms with Crippen LogP contribution in [0.5, 0.6) is 0 Å². The summed E-state index contributed by atoms with van der Waals surface area (Å²) in [6.45, 7) is 11.2. The predicted octanol–water partition coefficient (Wildman–Crippen LogP) is 2.88. The largest absolute Gasteiger partial charge is 0.387 e. The van der Waals surface area contributed by atoms with E-state index in [0.29, 0.717) is 12.5 Å². The zero-order valence-electron chi connectivity index (χ0n) is 12.3. The zero-order valence-corrected chi connectivity index (χ0v) is 12.3. The van der Waals surface area contributed by atoms with E-state index in [1.165, 1.54) is 6.33 Å². The summed E-state index contributed by atoms with van der Waals surface area (Å²) in [5.41, 5.74) is -0.932. The molecule has 0 aliphatic heterocycles. The fraction of sp³-hybridized carbons (Fsp3) is 0.857. The van der Waals surface area contributed by atoms with Gasteiger partial charge >= 0.3 is 0 Å². The van der Waals surface area contributed by atoms with Crippen molar-refractivity contribution >= 4 is 0 Å². The molecule has 0 aliphatic rings. The topological polar surface area (TPSA) is 50.9 Å². The standard InChI is InChI=1S/C14H27N3O/c1-6-12(7-2)8-14(18,13(3,4)5)9-17-11-15-10-16-17/h10-12,18H,6-9H2,1-5H3. The molecule has 18 heavy (non-hydrogen) atoms. The molecule has 0 radical (unpaired) electrons. The summed E-state index contributed by atoms with van der Waals surface area (Å²) < 4.78 is 1.73. The first-order valence-corrected chi connectivity index (χ1v) is 6.87. The number of nitrogens with zero attached hydrogens (tertiary/aromatic N) is 3. The Balaban J connectivity index is 2.88. The van der Waals surface area contributed by atoms with Gasteiger partial charge in [0, 0.05) is 0 Å². The smallest absolute Gasteiger partial charge is 0.137 e. The highest BCUT2D eigenvalue weighted by atomic mass is 16.3. The lowest BCUT2D eigenvalue weighted by atomic mass is 9.71. The zero-order chi connectivity index (χ0) is 13.8. The van der Waals surface area contributed by atoms with E-state index in [0.717, 1.165) is 19.3 Å². The quantitative estimate of drug-likeness (QED) is 0.848. The highest BCUT2D eigenvalue weighted by Gasteiger charge is 2.41. The number of aliphatic hydroxyl groups is 1. The molecule has 0 saturated heterocycles. The van der Waals surface area contributed by atoms with E-state index in [1.807, 2.05) is 0 Å². The van der Waals surface area contributed by atoms with E-state index >= 15 is 0 Å². The summed E-state index contributed by atoms with van der Waals surface area (Å²) in [5.74, 6) is 0.553. The molecule has 0 amide bonds. The molecule has 1 heterocycles. The van der Waals surface area contributed by atoms with Crippen molar-refractivity contribution in [1.82, 2.24) is 14.8 Å². The molecule has 1 N–H and O–H groups in total. The molecule has 0 aromatic carbocycles. The van der Waals surface area contributed by atoms with Gasteiger partial charge < -0.3 is 5.11 Å². The first-order valence-electron chi connectivity index (χ1n) is 6.87. The van der Waals surface area contributed by atoms with Crippen molar-refractivity contribution < 1.29 is 5.11 Å². The second kappa shape index (κ2) is 5.83. The Hall–Kier alpha value is -0.900. The van der Waals surface area contributed by atoms with E-state index in [1.54, 1.807) is 11.0 Å². The average Bonchev–Trinajstić information content (AvgIpc) is 2.77. The molecular weight excluding hydrogens is 226 g/mol. The average molecular weight is 253 g/mol. The number of hydrogen-bond acceptors (Lipinski definition) is 3. The molecule has 1 aromatic heterocycles. The summed E-state index contributed by atoms with van der Waals surface area (Å²) in [4.78, 5) is 3.95. The lowest BCUT2D eigenvalue weighted by Gasteiger charge is -2.42. The Morgan fingerprint density at radius 1 is 1.22 bits per heavy atom. The molecule has 0 spiro atoms. The second-order valence-electron chi connectivity index (χ2n) is 6.26. The summed E-state index contributed by atoms with van der Waals surface area (Å²) in [7, 11) is 0. The maximum absolute atomic E-state index is 11.1. The Morgan fingerprint density at radius 2 is 1.83 bits per heavy atom. The second-order valence-corrected chi connectivity index (χ2v) is 6.26. The van der Waals surface area contributed by atoms with E-state index in [9.17, 15) is 5.11 Å². The van der Waals surface area contributed by atoms with Gasteiger partial charge in [-0.3, -0.25) is 4.68 Å². The molecule has 104 valence electrons. The predicted molar refractivity (Wildman–Crippen MR) is 73.1 cm³/mol. The van der Waals surface area contributed by atoms with E-state index in [2.05, 4.69) is 44.7 Å². The lowest BCUT2D eigenvalue weighted by molar-refractivity contribution is -0.0910. The van der Waals surface area contributed by atoms with Crippen molar-refractivity contribution in [3.8, 4) is 0 Å². The molecule has 1 rings (SSSR count). The van der Waals surface area contributed by atoms with E-state index < -0.39 is 5.60 Å². The SMILES string of the molecule is CCC(CC)CC(O)(Cn1cncn1)C(C)(C)C. The van der Waals surface area contributed by atoms with Crippen LogP contribution in [0, 0.1) is 11.3 Å². The van der Waals surface area contributed by atoms with Crippen LogP contribution in [0.1, 0.15) is 53.9 Å². The first kappa shape index (κ1) is 15.2. The van der Waals surface area contributed by atoms with Gasteiger partial charge in [0.2, 0.25) is 0 Å². The van der Waals surface area contributed by atoms with Crippen molar-refractivity contribution in [3.63, 3.8) is 0 Å². The molecular formula is C14H27N3O. The molecule has 1 atom stereocenters. The fourth-order valence-electron chi connectivity index (χ4n) is 2.25. The summed E-state index contributed by atoms with van der Waals surface area (Å²) >= 11 is 0. The van der Waals surface area contributed by atoms with Gasteiger partial charge in [0.1, 0.15) is 12.7 Å². The van der Waals surface area contributed by atoms with Gasteiger partial charge in [-0.1, -0.05) is 47.5 Å². The number of aromatic nitrogens is 3. The van der Waals surface area contributed by atoms with Gasteiger partial charge in [-0.2, -0.15) is 5.10 Å². The molecule has 1 aromatic rings. The normalized spacial score (nSPS) is 15.9. The minimum absolute atomic E-state index is 0.179. The molecule has 0 saturated carbocycles. The van der Waals surface area contributed by atoms with Crippen molar-refractivity contribution in [3.05, 3.63) is 12.7 Å². The Bertz CT molecular complexity index is 338. The highest BCUT2D eigenvalue weighted by Crippen LogP contribution is 2.38. The Kier molecular flexibility index (Phi) is 4.91. The van der Waals surface area contributed by atoms with Gasteiger partial charge in [0.25, 0.3) is 0 Å². The maximum atomic E-state index is 11.1. The van der Waals surface area contributed by atoms with Crippen LogP contribution >= 0.6 is 0 Å². The minimum Gasteiger partial charge on any atom is -0.387 e. The van der Waals surface area contributed by atoms with Crippen LogP contribution in [0.2, 0.25) is 0 Å². The first-order chi connectivity index (χ1) is 8.32. The summed E-state index contributed by atoms with van der Waals surface area (Å²) in [6, 6.07) is 0. The van der Waals surface area contributed by atoms with Crippen molar-refractivity contribution in [2.24, 2.45) is 11.3 Å². The monoisotopic (exact) mass is 253 g/mol. The number of rotatable bonds is 6. The van der Waals surface area contributed by atoms with Crippen LogP contribution in [-0.4, -0.2) is 25.5 Å². The lowest BCUT2D eigenvalue weighted by Crippen LogP contribution is -2.48. The van der Waals surface area contributed by atoms with Crippen LogP contribution in [-0.2, 0) is 6.54 Å². The van der Waals surface area contributed by atoms with Crippen molar-refractivity contribution in [2.75, 3.05) is 0 Å². The van der Waals surface area contributed by atoms with Gasteiger partial charge in [0.15, 0.2) is 0 Å². The van der Waals surface area contributed by atoms with Gasteiger partial charge in [-0.15, -0.1) is 0 Å². The van der Waals surface area contributed by atoms with Gasteiger partial charge in [-0.25, -0.2) is 4.98 Å². The molecule has 1 unspecified atom stereocenters. The van der Waals surface area contributed by atoms with E-state index in [-0.39, 0.29) is 5.41 Å². The van der Waals surface area contributed by atoms with Crippen LogP contribution in [0.25, 0.3) is 0 Å². The molecule has 0 bridgehead atoms. The van der Waals surface area contributed by atoms with Gasteiger partial charge in [-0.05, 0) is 17.8 Å². The Morgan fingerprint density at radius 3 is 2.22 bits per heavy atom. The highest BCUT2D eigenvalue weighted by molar-refractivity contribution is 4.92. The molecule has 0 aliphatic carbocycles. The molecule has 4 nitrogen and oxygen atoms in total. The van der Waals surface area contributed by atoms with Crippen LogP contribution in [0.15, 0.2) is 12.7 Å². The van der Waals surface area contributed by atoms with Crippen molar-refractivity contribution in [1.29, 1.82) is 0 Å². The van der Waals surface area contributed by atoms with Crippen molar-refractivity contribution in [2.45, 2.75) is 66.0 Å². The maximum Gasteiger partial charge on any atom is 0.137 e. The van der Waals surface area contributed by atoms with Crippen LogP contribution < -0.4 is 0 Å². The van der Waals surface area contributed by atoms with Crippen LogP contribution in [0.3, 0.4) is 0 Å². The van der Waals surface area contributed by atoms with Gasteiger partial charge in [0.05, 0.1) is 12.1 Å². The summed E-state index contributed by atoms with van der Waals surface area (Å²) in [5, 5.41) is 15.2. The fourth-order valence-corrected chi connectivity index (χ4v) is 2.25. The van der Waals surface area contributed by atoms with Crippen LogP contribution in [0.4, 0.5) is 0 Å². The summed E-state index contributed by atoms with van der Waals surface area (Å²) in [6.07, 6.45) is 6.20. The van der Waals surface area contributed by atoms with E-state index in [4.69, 9.17) is 0 Å². The Labute approximate surface area is 110 Å². The molecule has 0 fully saturated rings. The third kappa shape index (κ3) is 3.55. The third-order valence-electron chi connectivity index (χ3n) is 4.07. The minimum atomic E-state index is -0.753. The molecule has 4 heteroatoms. The third-order valence-corrected chi connectivity index (χ3v) is 4.07. The number of hydrogen-bond donors (Lipinski definition) is 1.